The maximum atomic E-state index is 13.0. The molecule has 0 aliphatic heterocycles. The highest BCUT2D eigenvalue weighted by Crippen LogP contribution is 2.32. The summed E-state index contributed by atoms with van der Waals surface area (Å²) >= 11 is 0. The van der Waals surface area contributed by atoms with E-state index in [4.69, 9.17) is 0 Å². The van der Waals surface area contributed by atoms with Crippen molar-refractivity contribution >= 4 is 11.4 Å². The summed E-state index contributed by atoms with van der Waals surface area (Å²) in [6.45, 7) is 3.63. The van der Waals surface area contributed by atoms with E-state index in [1.807, 2.05) is 6.92 Å². The molecule has 0 radical (unpaired) electrons. The Morgan fingerprint density at radius 2 is 2.04 bits per heavy atom. The number of rotatable bonds is 4. The maximum Gasteiger partial charge on any atom is 0.433 e. The van der Waals surface area contributed by atoms with Crippen LogP contribution in [0.25, 0.3) is 16.9 Å². The molecule has 5 nitrogen and oxygen atoms in total. The molecule has 0 saturated carbocycles. The van der Waals surface area contributed by atoms with Gasteiger partial charge in [-0.3, -0.25) is 9.78 Å². The lowest BCUT2D eigenvalue weighted by Crippen LogP contribution is -2.13. The minimum Gasteiger partial charge on any atom is -0.292 e. The summed E-state index contributed by atoms with van der Waals surface area (Å²) in [4.78, 5) is 20.3. The van der Waals surface area contributed by atoms with Crippen LogP contribution in [0.3, 0.4) is 0 Å². The van der Waals surface area contributed by atoms with Crippen molar-refractivity contribution in [3.05, 3.63) is 48.0 Å². The minimum atomic E-state index is -4.58. The van der Waals surface area contributed by atoms with Crippen LogP contribution in [-0.4, -0.2) is 25.4 Å². The Balaban J connectivity index is 2.26. The molecule has 25 heavy (non-hydrogen) atoms. The van der Waals surface area contributed by atoms with Crippen molar-refractivity contribution in [1.29, 1.82) is 0 Å². The second-order valence-electron chi connectivity index (χ2n) is 5.70. The average Bonchev–Trinajstić information content (AvgIpc) is 2.99. The fraction of sp³-hybridized carbons (Fsp3) is 0.294. The Kier molecular flexibility index (Phi) is 4.28. The lowest BCUT2D eigenvalue weighted by atomic mass is 9.98. The van der Waals surface area contributed by atoms with E-state index in [1.54, 1.807) is 19.1 Å². The quantitative estimate of drug-likeness (QED) is 0.668. The summed E-state index contributed by atoms with van der Waals surface area (Å²) in [6.07, 6.45) is -1.42. The van der Waals surface area contributed by atoms with Gasteiger partial charge in [-0.15, -0.1) is 0 Å². The van der Waals surface area contributed by atoms with Crippen LogP contribution in [-0.2, 0) is 6.18 Å². The molecule has 0 aliphatic carbocycles. The lowest BCUT2D eigenvalue weighted by molar-refractivity contribution is -0.141. The van der Waals surface area contributed by atoms with Gasteiger partial charge in [-0.05, 0) is 30.7 Å². The number of fused-ring (bicyclic) bond motifs is 1. The Morgan fingerprint density at radius 1 is 1.28 bits per heavy atom. The molecule has 3 aromatic rings. The highest BCUT2D eigenvalue weighted by atomic mass is 19.4. The zero-order valence-electron chi connectivity index (χ0n) is 13.6. The predicted molar refractivity (Wildman–Crippen MR) is 85.0 cm³/mol. The molecule has 0 bridgehead atoms. The van der Waals surface area contributed by atoms with E-state index in [-0.39, 0.29) is 28.7 Å². The molecule has 0 N–H and O–H groups in total. The van der Waals surface area contributed by atoms with Crippen LogP contribution in [0, 0.1) is 5.92 Å². The first-order chi connectivity index (χ1) is 11.8. The van der Waals surface area contributed by atoms with Crippen molar-refractivity contribution in [2.45, 2.75) is 26.4 Å². The molecule has 0 amide bonds. The first kappa shape index (κ1) is 17.1. The largest absolute Gasteiger partial charge is 0.433 e. The summed E-state index contributed by atoms with van der Waals surface area (Å²) in [5, 5.41) is 4.14. The summed E-state index contributed by atoms with van der Waals surface area (Å²) in [7, 11) is 0. The Bertz CT molecular complexity index is 933. The van der Waals surface area contributed by atoms with Crippen LogP contribution in [0.2, 0.25) is 0 Å². The molecule has 0 fully saturated rings. The predicted octanol–water partition coefficient (Wildman–Crippen LogP) is 4.04. The van der Waals surface area contributed by atoms with Gasteiger partial charge in [-0.2, -0.15) is 18.3 Å². The third-order valence-electron chi connectivity index (χ3n) is 4.01. The molecule has 3 aromatic heterocycles. The van der Waals surface area contributed by atoms with E-state index in [2.05, 4.69) is 15.1 Å². The first-order valence-corrected chi connectivity index (χ1v) is 7.74. The molecule has 0 saturated heterocycles. The highest BCUT2D eigenvalue weighted by molar-refractivity contribution is 6.02. The number of hydrogen-bond acceptors (Lipinski definition) is 4. The highest BCUT2D eigenvalue weighted by Gasteiger charge is 2.33. The topological polar surface area (TPSA) is 60.2 Å². The van der Waals surface area contributed by atoms with Gasteiger partial charge in [0.25, 0.3) is 0 Å². The van der Waals surface area contributed by atoms with Gasteiger partial charge in [-0.1, -0.05) is 13.8 Å². The van der Waals surface area contributed by atoms with Gasteiger partial charge >= 0.3 is 6.18 Å². The SMILES string of the molecule is CCC(C)C(=O)c1nc2cccnn2c1-c1ccnc(C(F)(F)F)c1. The van der Waals surface area contributed by atoms with Crippen molar-refractivity contribution in [3.63, 3.8) is 0 Å². The Labute approximate surface area is 141 Å². The number of carbonyl (C=O) groups is 1. The molecule has 1 unspecified atom stereocenters. The van der Waals surface area contributed by atoms with Crippen LogP contribution in [0.15, 0.2) is 36.7 Å². The summed E-state index contributed by atoms with van der Waals surface area (Å²) in [6, 6.07) is 5.62. The fourth-order valence-electron chi connectivity index (χ4n) is 2.47. The molecule has 8 heteroatoms. The van der Waals surface area contributed by atoms with E-state index in [0.29, 0.717) is 12.1 Å². The normalized spacial score (nSPS) is 13.2. The smallest absolute Gasteiger partial charge is 0.292 e. The van der Waals surface area contributed by atoms with Crippen molar-refractivity contribution in [2.24, 2.45) is 5.92 Å². The van der Waals surface area contributed by atoms with Crippen LogP contribution >= 0.6 is 0 Å². The van der Waals surface area contributed by atoms with E-state index in [9.17, 15) is 18.0 Å². The molecule has 130 valence electrons. The van der Waals surface area contributed by atoms with Gasteiger partial charge in [0, 0.05) is 23.9 Å². The monoisotopic (exact) mass is 348 g/mol. The molecule has 3 heterocycles. The number of pyridine rings is 1. The number of ketones is 1. The van der Waals surface area contributed by atoms with Crippen LogP contribution < -0.4 is 0 Å². The number of halogens is 3. The number of nitrogens with zero attached hydrogens (tertiary/aromatic N) is 4. The summed E-state index contributed by atoms with van der Waals surface area (Å²) in [5.41, 5.74) is -0.0753. The number of imidazole rings is 1. The van der Waals surface area contributed by atoms with Gasteiger partial charge in [0.05, 0.1) is 0 Å². The number of Topliss-reactive ketones (excluding diaryl/α,β-unsaturated/α-hetero) is 1. The Hall–Kier alpha value is -2.77. The third kappa shape index (κ3) is 3.11. The number of hydrogen-bond donors (Lipinski definition) is 0. The van der Waals surface area contributed by atoms with E-state index < -0.39 is 11.9 Å². The van der Waals surface area contributed by atoms with Gasteiger partial charge < -0.3 is 0 Å². The zero-order chi connectivity index (χ0) is 18.2. The molecular formula is C17H15F3N4O. The van der Waals surface area contributed by atoms with Gasteiger partial charge in [0.2, 0.25) is 0 Å². The Morgan fingerprint density at radius 3 is 2.72 bits per heavy atom. The van der Waals surface area contributed by atoms with E-state index in [1.165, 1.54) is 16.8 Å². The van der Waals surface area contributed by atoms with E-state index >= 15 is 0 Å². The summed E-state index contributed by atoms with van der Waals surface area (Å²) < 4.78 is 40.4. The summed E-state index contributed by atoms with van der Waals surface area (Å²) in [5.74, 6) is -0.527. The number of alkyl halides is 3. The number of aromatic nitrogens is 4. The van der Waals surface area contributed by atoms with Crippen molar-refractivity contribution in [2.75, 3.05) is 0 Å². The van der Waals surface area contributed by atoms with Gasteiger partial charge in [-0.25, -0.2) is 9.50 Å². The zero-order valence-corrected chi connectivity index (χ0v) is 13.6. The lowest BCUT2D eigenvalue weighted by Gasteiger charge is -2.10. The second kappa shape index (κ2) is 6.27. The van der Waals surface area contributed by atoms with Gasteiger partial charge in [0.1, 0.15) is 17.1 Å². The van der Waals surface area contributed by atoms with E-state index in [0.717, 1.165) is 12.3 Å². The van der Waals surface area contributed by atoms with Crippen LogP contribution in [0.1, 0.15) is 36.5 Å². The minimum absolute atomic E-state index is 0.118. The average molecular weight is 348 g/mol. The fourth-order valence-corrected chi connectivity index (χ4v) is 2.47. The third-order valence-corrected chi connectivity index (χ3v) is 4.01. The van der Waals surface area contributed by atoms with Crippen molar-refractivity contribution < 1.29 is 18.0 Å². The van der Waals surface area contributed by atoms with Crippen molar-refractivity contribution in [1.82, 2.24) is 19.6 Å². The molecule has 0 aliphatic rings. The first-order valence-electron chi connectivity index (χ1n) is 7.74. The molecule has 1 atom stereocenters. The van der Waals surface area contributed by atoms with Crippen LogP contribution in [0.5, 0.6) is 0 Å². The second-order valence-corrected chi connectivity index (χ2v) is 5.70. The molecule has 0 aromatic carbocycles. The van der Waals surface area contributed by atoms with Gasteiger partial charge in [0.15, 0.2) is 11.4 Å². The van der Waals surface area contributed by atoms with Crippen LogP contribution in [0.4, 0.5) is 13.2 Å². The molecule has 3 rings (SSSR count). The molecular weight excluding hydrogens is 333 g/mol. The van der Waals surface area contributed by atoms with Crippen molar-refractivity contribution in [3.8, 4) is 11.3 Å². The molecule has 0 spiro atoms. The maximum absolute atomic E-state index is 13.0. The number of carbonyl (C=O) groups excluding carboxylic acids is 1. The standard InChI is InChI=1S/C17H15F3N4O/c1-3-10(2)16(25)14-15(24-13(23-14)5-4-7-22-24)11-6-8-21-12(9-11)17(18,19)20/h4-10H,3H2,1-2H3.